The highest BCUT2D eigenvalue weighted by molar-refractivity contribution is 6.31. The smallest absolute Gasteiger partial charge is 0.376 e. The van der Waals surface area contributed by atoms with E-state index < -0.39 is 22.7 Å². The van der Waals surface area contributed by atoms with Crippen LogP contribution in [0.4, 0.5) is 18.9 Å². The Bertz CT molecular complexity index is 924. The van der Waals surface area contributed by atoms with Crippen LogP contribution in [0.25, 0.3) is 0 Å². The number of likely N-dealkylation sites (N-methyl/N-ethyl adjacent to an activating group) is 1. The predicted octanol–water partition coefficient (Wildman–Crippen LogP) is 4.66. The zero-order valence-corrected chi connectivity index (χ0v) is 16.3. The van der Waals surface area contributed by atoms with Crippen LogP contribution in [-0.2, 0) is 17.4 Å². The summed E-state index contributed by atoms with van der Waals surface area (Å²) in [5, 5.41) is 11.2. The molecule has 1 aromatic carbocycles. The van der Waals surface area contributed by atoms with Crippen molar-refractivity contribution in [3.8, 4) is 6.07 Å². The van der Waals surface area contributed by atoms with Crippen LogP contribution in [0.5, 0.6) is 0 Å². The Labute approximate surface area is 171 Å². The number of nitrogens with zero attached hydrogens (tertiary/aromatic N) is 3. The van der Waals surface area contributed by atoms with Gasteiger partial charge in [0.05, 0.1) is 10.6 Å². The van der Waals surface area contributed by atoms with Gasteiger partial charge in [-0.25, -0.2) is 0 Å². The average molecular weight is 423 g/mol. The SMILES string of the molecule is CCN(/C=C(/C#N)C(=O)Nc1ccc(Cl)c(C(F)(F)F)c1)CCc1ccncc1. The number of benzene rings is 1. The fourth-order valence-electron chi connectivity index (χ4n) is 2.48. The number of nitriles is 1. The first-order valence-electron chi connectivity index (χ1n) is 8.67. The molecule has 0 bridgehead atoms. The van der Waals surface area contributed by atoms with Crippen LogP contribution in [0.2, 0.25) is 5.02 Å². The van der Waals surface area contributed by atoms with Crippen molar-refractivity contribution in [1.29, 1.82) is 5.26 Å². The van der Waals surface area contributed by atoms with Gasteiger partial charge in [0.25, 0.3) is 5.91 Å². The van der Waals surface area contributed by atoms with Gasteiger partial charge in [0.1, 0.15) is 11.6 Å². The highest BCUT2D eigenvalue weighted by atomic mass is 35.5. The molecule has 2 rings (SSSR count). The molecule has 2 aromatic rings. The third-order valence-corrected chi connectivity index (χ3v) is 4.38. The normalized spacial score (nSPS) is 11.7. The minimum Gasteiger partial charge on any atom is -0.376 e. The molecule has 29 heavy (non-hydrogen) atoms. The number of carbonyl (C=O) groups is 1. The van der Waals surface area contributed by atoms with Crippen molar-refractivity contribution in [3.63, 3.8) is 0 Å². The molecular weight excluding hydrogens is 405 g/mol. The van der Waals surface area contributed by atoms with Gasteiger partial charge in [-0.2, -0.15) is 18.4 Å². The second-order valence-corrected chi connectivity index (χ2v) is 6.44. The number of nitrogens with one attached hydrogen (secondary N) is 1. The maximum atomic E-state index is 13.0. The van der Waals surface area contributed by atoms with Gasteiger partial charge in [-0.05, 0) is 49.2 Å². The number of halogens is 4. The van der Waals surface area contributed by atoms with E-state index in [0.717, 1.165) is 17.7 Å². The minimum absolute atomic E-state index is 0.104. The molecule has 0 aliphatic heterocycles. The molecule has 0 saturated carbocycles. The molecule has 0 aliphatic rings. The highest BCUT2D eigenvalue weighted by Gasteiger charge is 2.33. The number of pyridine rings is 1. The number of hydrogen-bond donors (Lipinski definition) is 1. The zero-order chi connectivity index (χ0) is 21.4. The lowest BCUT2D eigenvalue weighted by atomic mass is 10.1. The van der Waals surface area contributed by atoms with E-state index in [9.17, 15) is 23.2 Å². The molecule has 1 aromatic heterocycles. The molecular formula is C20H18ClF3N4O. The van der Waals surface area contributed by atoms with E-state index in [1.54, 1.807) is 23.4 Å². The van der Waals surface area contributed by atoms with Gasteiger partial charge in [0, 0.05) is 37.4 Å². The van der Waals surface area contributed by atoms with E-state index in [1.165, 1.54) is 12.3 Å². The minimum atomic E-state index is -4.66. The first-order valence-corrected chi connectivity index (χ1v) is 9.05. The van der Waals surface area contributed by atoms with Gasteiger partial charge in [-0.1, -0.05) is 11.6 Å². The summed E-state index contributed by atoms with van der Waals surface area (Å²) in [6, 6.07) is 8.55. The molecule has 0 unspecified atom stereocenters. The predicted molar refractivity (Wildman–Crippen MR) is 104 cm³/mol. The number of hydrogen-bond acceptors (Lipinski definition) is 4. The Morgan fingerprint density at radius 3 is 2.59 bits per heavy atom. The largest absolute Gasteiger partial charge is 0.417 e. The standard InChI is InChI=1S/C20H18ClF3N4O/c1-2-28(10-7-14-5-8-26-9-6-14)13-15(12-25)19(29)27-16-3-4-18(21)17(11-16)20(22,23)24/h3-6,8-9,11,13H,2,7,10H2,1H3,(H,27,29)/b15-13-. The fraction of sp³-hybridized carbons (Fsp3) is 0.250. The lowest BCUT2D eigenvalue weighted by molar-refractivity contribution is -0.137. The summed E-state index contributed by atoms with van der Waals surface area (Å²) in [7, 11) is 0. The number of anilines is 1. The molecule has 0 atom stereocenters. The summed E-state index contributed by atoms with van der Waals surface area (Å²) in [5.74, 6) is -0.801. The summed E-state index contributed by atoms with van der Waals surface area (Å²) in [6.45, 7) is 2.96. The summed E-state index contributed by atoms with van der Waals surface area (Å²) in [4.78, 5) is 18.1. The van der Waals surface area contributed by atoms with Gasteiger partial charge in [0.2, 0.25) is 0 Å². The van der Waals surface area contributed by atoms with Gasteiger partial charge >= 0.3 is 6.18 Å². The van der Waals surface area contributed by atoms with E-state index in [-0.39, 0.29) is 11.3 Å². The van der Waals surface area contributed by atoms with Gasteiger partial charge < -0.3 is 10.2 Å². The fourth-order valence-corrected chi connectivity index (χ4v) is 2.70. The summed E-state index contributed by atoms with van der Waals surface area (Å²) >= 11 is 5.57. The number of aromatic nitrogens is 1. The van der Waals surface area contributed by atoms with Crippen LogP contribution in [0.15, 0.2) is 54.5 Å². The van der Waals surface area contributed by atoms with Crippen molar-refractivity contribution in [2.24, 2.45) is 0 Å². The summed E-state index contributed by atoms with van der Waals surface area (Å²) in [6.07, 6.45) is 0.780. The first kappa shape index (κ1) is 22.2. The van der Waals surface area contributed by atoms with Crippen LogP contribution in [0.3, 0.4) is 0 Å². The molecule has 1 N–H and O–H groups in total. The molecule has 9 heteroatoms. The Morgan fingerprint density at radius 2 is 2.00 bits per heavy atom. The van der Waals surface area contributed by atoms with E-state index in [0.29, 0.717) is 19.5 Å². The highest BCUT2D eigenvalue weighted by Crippen LogP contribution is 2.36. The van der Waals surface area contributed by atoms with Gasteiger partial charge in [-0.15, -0.1) is 0 Å². The number of carbonyl (C=O) groups excluding carboxylic acids is 1. The van der Waals surface area contributed by atoms with Crippen molar-refractivity contribution in [2.75, 3.05) is 18.4 Å². The third-order valence-electron chi connectivity index (χ3n) is 4.05. The van der Waals surface area contributed by atoms with Crippen molar-refractivity contribution < 1.29 is 18.0 Å². The van der Waals surface area contributed by atoms with Gasteiger partial charge in [0.15, 0.2) is 0 Å². The van der Waals surface area contributed by atoms with Crippen LogP contribution in [-0.4, -0.2) is 28.9 Å². The van der Waals surface area contributed by atoms with Crippen LogP contribution >= 0.6 is 11.6 Å². The Hall–Kier alpha value is -3.05. The maximum Gasteiger partial charge on any atom is 0.417 e. The van der Waals surface area contributed by atoms with Crippen molar-refractivity contribution >= 4 is 23.2 Å². The second-order valence-electron chi connectivity index (χ2n) is 6.04. The summed E-state index contributed by atoms with van der Waals surface area (Å²) in [5.41, 5.74) is -0.333. The van der Waals surface area contributed by atoms with E-state index >= 15 is 0 Å². The topological polar surface area (TPSA) is 69.0 Å². The van der Waals surface area contributed by atoms with E-state index in [1.807, 2.05) is 19.1 Å². The monoisotopic (exact) mass is 422 g/mol. The molecule has 0 saturated heterocycles. The Balaban J connectivity index is 2.11. The van der Waals surface area contributed by atoms with Crippen LogP contribution in [0.1, 0.15) is 18.1 Å². The molecule has 1 amide bonds. The number of alkyl halides is 3. The third kappa shape index (κ3) is 6.50. The maximum absolute atomic E-state index is 13.0. The molecule has 0 aliphatic carbocycles. The molecule has 1 heterocycles. The molecule has 0 fully saturated rings. The molecule has 0 radical (unpaired) electrons. The Kier molecular flexibility index (Phi) is 7.62. The van der Waals surface area contributed by atoms with Crippen molar-refractivity contribution in [2.45, 2.75) is 19.5 Å². The van der Waals surface area contributed by atoms with Gasteiger partial charge in [-0.3, -0.25) is 9.78 Å². The lowest BCUT2D eigenvalue weighted by Crippen LogP contribution is -2.23. The van der Waals surface area contributed by atoms with Crippen LogP contribution in [0, 0.1) is 11.3 Å². The molecule has 152 valence electrons. The molecule has 0 spiro atoms. The van der Waals surface area contributed by atoms with E-state index in [2.05, 4.69) is 10.3 Å². The van der Waals surface area contributed by atoms with Crippen molar-refractivity contribution in [1.82, 2.24) is 9.88 Å². The van der Waals surface area contributed by atoms with Crippen molar-refractivity contribution in [3.05, 3.63) is 70.6 Å². The Morgan fingerprint density at radius 1 is 1.31 bits per heavy atom. The van der Waals surface area contributed by atoms with Crippen LogP contribution < -0.4 is 5.32 Å². The van der Waals surface area contributed by atoms with E-state index in [4.69, 9.17) is 11.6 Å². The number of rotatable bonds is 7. The lowest BCUT2D eigenvalue weighted by Gasteiger charge is -2.19. The summed E-state index contributed by atoms with van der Waals surface area (Å²) < 4.78 is 38.9. The molecule has 5 nitrogen and oxygen atoms in total. The first-order chi connectivity index (χ1) is 13.7. The average Bonchev–Trinajstić information content (AvgIpc) is 2.69. The second kappa shape index (κ2) is 9.94. The quantitative estimate of drug-likeness (QED) is 0.520. The zero-order valence-electron chi connectivity index (χ0n) is 15.5. The number of amides is 1.